The highest BCUT2D eigenvalue weighted by molar-refractivity contribution is 5.53. The fourth-order valence-corrected chi connectivity index (χ4v) is 2.47. The van der Waals surface area contributed by atoms with Crippen LogP contribution in [0.4, 0.5) is 8.78 Å². The maximum atomic E-state index is 13.6. The van der Waals surface area contributed by atoms with Crippen molar-refractivity contribution in [3.63, 3.8) is 0 Å². The molecular formula is C11H9F2NO2. The molecule has 1 aliphatic heterocycles. The van der Waals surface area contributed by atoms with Crippen molar-refractivity contribution in [2.45, 2.75) is 12.0 Å². The van der Waals surface area contributed by atoms with E-state index in [4.69, 9.17) is 4.74 Å². The van der Waals surface area contributed by atoms with E-state index in [-0.39, 0.29) is 29.2 Å². The van der Waals surface area contributed by atoms with Gasteiger partial charge in [0.2, 0.25) is 6.41 Å². The van der Waals surface area contributed by atoms with E-state index in [2.05, 4.69) is 5.32 Å². The first-order valence-corrected chi connectivity index (χ1v) is 5.04. The van der Waals surface area contributed by atoms with Crippen molar-refractivity contribution >= 4 is 6.41 Å². The van der Waals surface area contributed by atoms with Gasteiger partial charge >= 0.3 is 0 Å². The van der Waals surface area contributed by atoms with Gasteiger partial charge in [-0.3, -0.25) is 4.79 Å². The first-order chi connectivity index (χ1) is 7.74. The van der Waals surface area contributed by atoms with Gasteiger partial charge in [-0.1, -0.05) is 0 Å². The highest BCUT2D eigenvalue weighted by Crippen LogP contribution is 2.55. The minimum atomic E-state index is -0.549. The number of hydrogen-bond donors (Lipinski definition) is 1. The largest absolute Gasteiger partial charge is 0.490 e. The molecule has 0 radical (unpaired) electrons. The molecule has 1 N–H and O–H groups in total. The first kappa shape index (κ1) is 9.57. The van der Waals surface area contributed by atoms with Gasteiger partial charge in [-0.05, 0) is 12.1 Å². The van der Waals surface area contributed by atoms with Gasteiger partial charge in [0.05, 0.1) is 6.61 Å². The number of ether oxygens (including phenoxy) is 1. The molecule has 5 heteroatoms. The molecule has 1 saturated carbocycles. The van der Waals surface area contributed by atoms with Crippen molar-refractivity contribution < 1.29 is 18.3 Å². The Bertz CT molecular complexity index is 464. The number of fused-ring (bicyclic) bond motifs is 3. The molecule has 3 atom stereocenters. The number of hydrogen-bond acceptors (Lipinski definition) is 2. The van der Waals surface area contributed by atoms with E-state index in [1.165, 1.54) is 0 Å². The fourth-order valence-electron chi connectivity index (χ4n) is 2.47. The summed E-state index contributed by atoms with van der Waals surface area (Å²) in [5, 5.41) is 2.60. The Hall–Kier alpha value is -1.65. The second-order valence-electron chi connectivity index (χ2n) is 4.08. The van der Waals surface area contributed by atoms with Crippen LogP contribution in [0.2, 0.25) is 0 Å². The summed E-state index contributed by atoms with van der Waals surface area (Å²) in [4.78, 5) is 10.3. The molecule has 16 heavy (non-hydrogen) atoms. The maximum Gasteiger partial charge on any atom is 0.207 e. The molecular weight excluding hydrogens is 216 g/mol. The molecule has 0 bridgehead atoms. The Balaban J connectivity index is 2.03. The third kappa shape index (κ3) is 1.14. The van der Waals surface area contributed by atoms with E-state index in [0.29, 0.717) is 13.0 Å². The van der Waals surface area contributed by atoms with Crippen LogP contribution in [-0.4, -0.2) is 19.1 Å². The molecule has 0 unspecified atom stereocenters. The van der Waals surface area contributed by atoms with Crippen molar-refractivity contribution in [3.05, 3.63) is 29.3 Å². The minimum absolute atomic E-state index is 0.00329. The molecule has 1 heterocycles. The molecule has 0 aromatic heterocycles. The van der Waals surface area contributed by atoms with Crippen molar-refractivity contribution in [3.8, 4) is 5.75 Å². The second-order valence-corrected chi connectivity index (χ2v) is 4.08. The number of benzene rings is 1. The number of carbonyl (C=O) groups excluding carboxylic acids is 1. The smallest absolute Gasteiger partial charge is 0.207 e. The Morgan fingerprint density at radius 3 is 2.88 bits per heavy atom. The molecule has 1 aromatic carbocycles. The van der Waals surface area contributed by atoms with Crippen LogP contribution in [-0.2, 0) is 4.79 Å². The van der Waals surface area contributed by atoms with Crippen LogP contribution in [0.5, 0.6) is 5.75 Å². The van der Waals surface area contributed by atoms with Gasteiger partial charge in [-0.2, -0.15) is 0 Å². The van der Waals surface area contributed by atoms with Crippen LogP contribution < -0.4 is 10.1 Å². The van der Waals surface area contributed by atoms with E-state index >= 15 is 0 Å². The predicted molar refractivity (Wildman–Crippen MR) is 51.1 cm³/mol. The lowest BCUT2D eigenvalue weighted by molar-refractivity contribution is -0.109. The van der Waals surface area contributed by atoms with Gasteiger partial charge in [0.1, 0.15) is 5.82 Å². The van der Waals surface area contributed by atoms with Gasteiger partial charge in [-0.25, -0.2) is 8.78 Å². The lowest BCUT2D eigenvalue weighted by Gasteiger charge is -2.16. The first-order valence-electron chi connectivity index (χ1n) is 5.04. The molecule has 1 fully saturated rings. The molecule has 3 nitrogen and oxygen atoms in total. The number of halogens is 2. The van der Waals surface area contributed by atoms with Crippen LogP contribution in [0.1, 0.15) is 11.5 Å². The summed E-state index contributed by atoms with van der Waals surface area (Å²) in [7, 11) is 0. The molecule has 1 aromatic rings. The molecule has 84 valence electrons. The molecule has 1 amide bonds. The van der Waals surface area contributed by atoms with E-state index < -0.39 is 11.6 Å². The molecule has 2 aliphatic rings. The van der Waals surface area contributed by atoms with Crippen molar-refractivity contribution in [2.24, 2.45) is 5.92 Å². The monoisotopic (exact) mass is 225 g/mol. The Kier molecular flexibility index (Phi) is 1.89. The number of amides is 1. The summed E-state index contributed by atoms with van der Waals surface area (Å²) in [6, 6.07) is 2.02. The normalized spacial score (nSPS) is 29.8. The van der Waals surface area contributed by atoms with Gasteiger partial charge in [0.25, 0.3) is 0 Å². The molecule has 3 rings (SSSR count). The zero-order valence-electron chi connectivity index (χ0n) is 8.24. The zero-order valence-corrected chi connectivity index (χ0v) is 8.24. The third-order valence-electron chi connectivity index (χ3n) is 3.28. The average Bonchev–Trinajstić information content (AvgIpc) is 2.98. The predicted octanol–water partition coefficient (Wildman–Crippen LogP) is 1.19. The lowest BCUT2D eigenvalue weighted by Crippen LogP contribution is -2.17. The molecule has 0 saturated heterocycles. The standard InChI is InChI=1S/C11H9F2NO2/c12-6-1-2-7(13)11-9(6)8-5(3-16-11)10(8)14-4-15/h1-2,4-5,8,10H,3H2,(H,14,15)/t5-,8-,10-/m1/s1. The van der Waals surface area contributed by atoms with E-state index in [1.807, 2.05) is 0 Å². The summed E-state index contributed by atoms with van der Waals surface area (Å²) in [6.45, 7) is 0.323. The number of nitrogens with one attached hydrogen (secondary N) is 1. The topological polar surface area (TPSA) is 38.3 Å². The summed E-state index contributed by atoms with van der Waals surface area (Å²) in [5.74, 6) is -1.11. The number of rotatable bonds is 2. The SMILES string of the molecule is O=CN[C@@H]1[C@@H]2COc3c(F)ccc(F)c3[C@@H]21. The summed E-state index contributed by atoms with van der Waals surface area (Å²) >= 11 is 0. The maximum absolute atomic E-state index is 13.6. The summed E-state index contributed by atoms with van der Waals surface area (Å²) in [6.07, 6.45) is 0.583. The van der Waals surface area contributed by atoms with Crippen LogP contribution in [0.25, 0.3) is 0 Å². The van der Waals surface area contributed by atoms with Gasteiger partial charge in [-0.15, -0.1) is 0 Å². The van der Waals surface area contributed by atoms with Crippen molar-refractivity contribution in [1.82, 2.24) is 5.32 Å². The van der Waals surface area contributed by atoms with E-state index in [0.717, 1.165) is 12.1 Å². The Morgan fingerprint density at radius 2 is 2.12 bits per heavy atom. The highest BCUT2D eigenvalue weighted by atomic mass is 19.1. The van der Waals surface area contributed by atoms with Crippen LogP contribution in [0, 0.1) is 17.6 Å². The third-order valence-corrected chi connectivity index (χ3v) is 3.28. The quantitative estimate of drug-likeness (QED) is 0.768. The fraction of sp³-hybridized carbons (Fsp3) is 0.364. The van der Waals surface area contributed by atoms with E-state index in [9.17, 15) is 13.6 Å². The van der Waals surface area contributed by atoms with E-state index in [1.54, 1.807) is 0 Å². The summed E-state index contributed by atoms with van der Waals surface area (Å²) in [5.41, 5.74) is 0.260. The minimum Gasteiger partial charge on any atom is -0.490 e. The second kappa shape index (κ2) is 3.17. The van der Waals surface area contributed by atoms with Crippen molar-refractivity contribution in [2.75, 3.05) is 6.61 Å². The lowest BCUT2D eigenvalue weighted by atomic mass is 10.0. The van der Waals surface area contributed by atoms with Gasteiger partial charge < -0.3 is 10.1 Å². The van der Waals surface area contributed by atoms with Crippen LogP contribution >= 0.6 is 0 Å². The van der Waals surface area contributed by atoms with Gasteiger partial charge in [0, 0.05) is 23.4 Å². The van der Waals surface area contributed by atoms with Crippen LogP contribution in [0.15, 0.2) is 12.1 Å². The number of carbonyl (C=O) groups is 1. The van der Waals surface area contributed by atoms with Crippen LogP contribution in [0.3, 0.4) is 0 Å². The average molecular weight is 225 g/mol. The van der Waals surface area contributed by atoms with Gasteiger partial charge in [0.15, 0.2) is 11.6 Å². The van der Waals surface area contributed by atoms with Crippen molar-refractivity contribution in [1.29, 1.82) is 0 Å². The zero-order chi connectivity index (χ0) is 11.3. The summed E-state index contributed by atoms with van der Waals surface area (Å²) < 4.78 is 32.1. The highest BCUT2D eigenvalue weighted by Gasteiger charge is 2.56. The molecule has 1 aliphatic carbocycles. The molecule has 0 spiro atoms. The Labute approximate surface area is 90.4 Å². The Morgan fingerprint density at radius 1 is 1.38 bits per heavy atom.